The number of hydrogen-bond donors (Lipinski definition) is 1. The van der Waals surface area contributed by atoms with Gasteiger partial charge in [-0.1, -0.05) is 0 Å². The fourth-order valence-corrected chi connectivity index (χ4v) is 1.86. The molecule has 0 spiro atoms. The van der Waals surface area contributed by atoms with Gasteiger partial charge in [-0.05, 0) is 0 Å². The normalized spacial score (nSPS) is 15.7. The molecule has 0 radical (unpaired) electrons. The van der Waals surface area contributed by atoms with Crippen LogP contribution in [0.3, 0.4) is 0 Å². The van der Waals surface area contributed by atoms with Crippen LogP contribution in [0.1, 0.15) is 0 Å². The van der Waals surface area contributed by atoms with Crippen molar-refractivity contribution in [3.63, 3.8) is 0 Å². The molecule has 7 heteroatoms. The standard InChI is InChI=1S/C5H11NO5S/c1-6(2,3)4(5(7)8)12(9,10)11/h4H,1-3H3,(H-,7,8,9,10,11). The second-order valence-electron chi connectivity index (χ2n) is 3.30. The highest BCUT2D eigenvalue weighted by atomic mass is 32.2. The Morgan fingerprint density at radius 2 is 1.75 bits per heavy atom. The van der Waals surface area contributed by atoms with Crippen LogP contribution in [0, 0.1) is 0 Å². The molecule has 0 fully saturated rings. The van der Waals surface area contributed by atoms with Gasteiger partial charge in [-0.25, -0.2) is 13.2 Å². The summed E-state index contributed by atoms with van der Waals surface area (Å²) >= 11 is 0. The van der Waals surface area contributed by atoms with Gasteiger partial charge in [0.2, 0.25) is 0 Å². The molecule has 12 heavy (non-hydrogen) atoms. The van der Waals surface area contributed by atoms with Crippen LogP contribution in [0.5, 0.6) is 0 Å². The number of nitrogens with zero attached hydrogens (tertiary/aromatic N) is 1. The monoisotopic (exact) mass is 197 g/mol. The topological polar surface area (TPSA) is 94.5 Å². The molecule has 0 amide bonds. The van der Waals surface area contributed by atoms with E-state index in [4.69, 9.17) is 5.11 Å². The number of hydrogen-bond acceptors (Lipinski definition) is 4. The molecule has 0 rings (SSSR count). The van der Waals surface area contributed by atoms with Crippen molar-refractivity contribution in [2.24, 2.45) is 0 Å². The van der Waals surface area contributed by atoms with Gasteiger partial charge in [0.25, 0.3) is 5.37 Å². The lowest BCUT2D eigenvalue weighted by molar-refractivity contribution is -0.873. The van der Waals surface area contributed by atoms with E-state index in [2.05, 4.69) is 0 Å². The molecule has 0 aliphatic rings. The zero-order valence-electron chi connectivity index (χ0n) is 7.01. The van der Waals surface area contributed by atoms with E-state index >= 15 is 0 Å². The van der Waals surface area contributed by atoms with Crippen LogP contribution < -0.4 is 0 Å². The van der Waals surface area contributed by atoms with Gasteiger partial charge in [0.1, 0.15) is 0 Å². The van der Waals surface area contributed by atoms with E-state index in [9.17, 15) is 17.8 Å². The molecule has 72 valence electrons. The molecule has 0 aromatic heterocycles. The first-order valence-electron chi connectivity index (χ1n) is 3.05. The zero-order valence-corrected chi connectivity index (χ0v) is 7.83. The lowest BCUT2D eigenvalue weighted by Crippen LogP contribution is -2.54. The van der Waals surface area contributed by atoms with Crippen LogP contribution in [-0.4, -0.2) is 55.0 Å². The third kappa shape index (κ3) is 2.76. The second kappa shape index (κ2) is 3.00. The first-order chi connectivity index (χ1) is 5.07. The van der Waals surface area contributed by atoms with Crippen molar-refractivity contribution in [3.8, 4) is 0 Å². The largest absolute Gasteiger partial charge is 0.743 e. The minimum Gasteiger partial charge on any atom is -0.743 e. The molecule has 0 bridgehead atoms. The maximum Gasteiger partial charge on any atom is 0.377 e. The summed E-state index contributed by atoms with van der Waals surface area (Å²) < 4.78 is 31.0. The van der Waals surface area contributed by atoms with Gasteiger partial charge >= 0.3 is 5.97 Å². The molecule has 0 heterocycles. The van der Waals surface area contributed by atoms with E-state index < -0.39 is 25.9 Å². The molecule has 1 atom stereocenters. The first-order valence-corrected chi connectivity index (χ1v) is 4.52. The number of aliphatic carboxylic acids is 1. The van der Waals surface area contributed by atoms with Crippen LogP contribution in [0.25, 0.3) is 0 Å². The summed E-state index contributed by atoms with van der Waals surface area (Å²) in [5.74, 6) is -1.63. The van der Waals surface area contributed by atoms with E-state index in [-0.39, 0.29) is 0 Å². The van der Waals surface area contributed by atoms with Crippen LogP contribution in [-0.2, 0) is 14.9 Å². The van der Waals surface area contributed by atoms with Crippen molar-refractivity contribution < 1.29 is 27.4 Å². The Hall–Kier alpha value is -0.660. The molecule has 1 unspecified atom stereocenters. The molecule has 0 saturated carbocycles. The van der Waals surface area contributed by atoms with Crippen molar-refractivity contribution >= 4 is 16.1 Å². The Labute approximate surface area is 70.8 Å². The smallest absolute Gasteiger partial charge is 0.377 e. The van der Waals surface area contributed by atoms with Crippen molar-refractivity contribution in [1.29, 1.82) is 0 Å². The maximum absolute atomic E-state index is 10.5. The van der Waals surface area contributed by atoms with Gasteiger partial charge in [0.05, 0.1) is 21.1 Å². The first kappa shape index (κ1) is 11.3. The summed E-state index contributed by atoms with van der Waals surface area (Å²) in [6.45, 7) is 0. The summed E-state index contributed by atoms with van der Waals surface area (Å²) in [6.07, 6.45) is 0. The van der Waals surface area contributed by atoms with Crippen LogP contribution in [0.2, 0.25) is 0 Å². The lowest BCUT2D eigenvalue weighted by atomic mass is 10.5. The molecule has 1 N–H and O–H groups in total. The van der Waals surface area contributed by atoms with E-state index in [0.717, 1.165) is 0 Å². The van der Waals surface area contributed by atoms with Crippen molar-refractivity contribution in [2.45, 2.75) is 5.37 Å². The molecule has 0 aliphatic carbocycles. The lowest BCUT2D eigenvalue weighted by Gasteiger charge is -2.31. The Morgan fingerprint density at radius 1 is 1.42 bits per heavy atom. The molecule has 6 nitrogen and oxygen atoms in total. The fourth-order valence-electron chi connectivity index (χ4n) is 0.842. The molecule has 0 saturated heterocycles. The number of carboxylic acid groups (broad SMARTS) is 1. The minimum atomic E-state index is -4.80. The predicted molar refractivity (Wildman–Crippen MR) is 39.2 cm³/mol. The third-order valence-electron chi connectivity index (χ3n) is 1.19. The summed E-state index contributed by atoms with van der Waals surface area (Å²) in [5, 5.41) is 6.50. The number of carboxylic acids is 1. The van der Waals surface area contributed by atoms with Crippen LogP contribution in [0.4, 0.5) is 0 Å². The van der Waals surface area contributed by atoms with Gasteiger partial charge in [-0.3, -0.25) is 0 Å². The number of quaternary nitrogens is 1. The average molecular weight is 197 g/mol. The summed E-state index contributed by atoms with van der Waals surface area (Å²) in [5.41, 5.74) is 0. The van der Waals surface area contributed by atoms with Gasteiger partial charge in [-0.15, -0.1) is 0 Å². The Balaban J connectivity index is 5.11. The molecule has 0 aliphatic heterocycles. The van der Waals surface area contributed by atoms with E-state index in [1.165, 1.54) is 21.1 Å². The van der Waals surface area contributed by atoms with Gasteiger partial charge in [0.15, 0.2) is 10.1 Å². The molecule has 0 aromatic rings. The summed E-state index contributed by atoms with van der Waals surface area (Å²) in [7, 11) is -0.816. The molecular formula is C5H11NO5S. The highest BCUT2D eigenvalue weighted by Gasteiger charge is 2.37. The Kier molecular flexibility index (Phi) is 2.83. The fraction of sp³-hybridized carbons (Fsp3) is 0.800. The summed E-state index contributed by atoms with van der Waals surface area (Å²) in [4.78, 5) is 10.4. The highest BCUT2D eigenvalue weighted by molar-refractivity contribution is 7.86. The van der Waals surface area contributed by atoms with E-state index in [1.54, 1.807) is 0 Å². The average Bonchev–Trinajstić information content (AvgIpc) is 1.49. The quantitative estimate of drug-likeness (QED) is 0.446. The second-order valence-corrected chi connectivity index (χ2v) is 4.73. The third-order valence-corrected chi connectivity index (χ3v) is 2.57. The van der Waals surface area contributed by atoms with Crippen LogP contribution in [0.15, 0.2) is 0 Å². The molecular weight excluding hydrogens is 186 g/mol. The number of rotatable bonds is 3. The van der Waals surface area contributed by atoms with Crippen molar-refractivity contribution in [3.05, 3.63) is 0 Å². The minimum absolute atomic E-state index is 0.443. The SMILES string of the molecule is C[N+](C)(C)C(C(=O)O)S(=O)(=O)[O-]. The molecule has 0 aromatic carbocycles. The Bertz CT molecular complexity index is 275. The van der Waals surface area contributed by atoms with Gasteiger partial charge in [-0.2, -0.15) is 0 Å². The number of carbonyl (C=O) groups is 1. The summed E-state index contributed by atoms with van der Waals surface area (Å²) in [6, 6.07) is 0. The highest BCUT2D eigenvalue weighted by Crippen LogP contribution is 2.09. The predicted octanol–water partition coefficient (Wildman–Crippen LogP) is -1.35. The van der Waals surface area contributed by atoms with Crippen molar-refractivity contribution in [2.75, 3.05) is 21.1 Å². The Morgan fingerprint density at radius 3 is 1.75 bits per heavy atom. The zero-order chi connectivity index (χ0) is 10.2. The van der Waals surface area contributed by atoms with Gasteiger partial charge in [0, 0.05) is 0 Å². The maximum atomic E-state index is 10.5. The van der Waals surface area contributed by atoms with E-state index in [1.807, 2.05) is 0 Å². The van der Waals surface area contributed by atoms with E-state index in [0.29, 0.717) is 0 Å². The van der Waals surface area contributed by atoms with Gasteiger partial charge < -0.3 is 14.1 Å². The van der Waals surface area contributed by atoms with Crippen LogP contribution >= 0.6 is 0 Å². The van der Waals surface area contributed by atoms with Crippen molar-refractivity contribution in [1.82, 2.24) is 0 Å². The number of likely N-dealkylation sites (N-methyl/N-ethyl adjacent to an activating group) is 1.